The summed E-state index contributed by atoms with van der Waals surface area (Å²) < 4.78 is 10.9. The van der Waals surface area contributed by atoms with Crippen molar-refractivity contribution in [3.63, 3.8) is 0 Å². The fourth-order valence-electron chi connectivity index (χ4n) is 1.75. The lowest BCUT2D eigenvalue weighted by atomic mass is 10.1. The molecular formula is C15H20N2O2. The SMILES string of the molecule is CCNCc1cc(-c2ccc(OC(C)C)cc2)on1. The van der Waals surface area contributed by atoms with Crippen LogP contribution in [0.1, 0.15) is 26.5 Å². The third kappa shape index (κ3) is 3.83. The van der Waals surface area contributed by atoms with Gasteiger partial charge in [-0.25, -0.2) is 0 Å². The van der Waals surface area contributed by atoms with Crippen molar-refractivity contribution in [2.45, 2.75) is 33.4 Å². The van der Waals surface area contributed by atoms with Crippen LogP contribution in [0.25, 0.3) is 11.3 Å². The summed E-state index contributed by atoms with van der Waals surface area (Å²) in [4.78, 5) is 0. The molecule has 19 heavy (non-hydrogen) atoms. The van der Waals surface area contributed by atoms with Crippen LogP contribution >= 0.6 is 0 Å². The van der Waals surface area contributed by atoms with Gasteiger partial charge in [-0.3, -0.25) is 0 Å². The average Bonchev–Trinajstić information content (AvgIpc) is 2.85. The maximum absolute atomic E-state index is 5.61. The Kier molecular flexibility index (Phi) is 4.58. The molecule has 1 N–H and O–H groups in total. The Balaban J connectivity index is 2.07. The number of hydrogen-bond donors (Lipinski definition) is 1. The zero-order valence-electron chi connectivity index (χ0n) is 11.6. The fraction of sp³-hybridized carbons (Fsp3) is 0.400. The van der Waals surface area contributed by atoms with Crippen molar-refractivity contribution in [3.05, 3.63) is 36.0 Å². The second kappa shape index (κ2) is 6.38. The van der Waals surface area contributed by atoms with Gasteiger partial charge in [0.1, 0.15) is 5.75 Å². The highest BCUT2D eigenvalue weighted by Crippen LogP contribution is 2.23. The molecule has 0 fully saturated rings. The molecule has 102 valence electrons. The van der Waals surface area contributed by atoms with Gasteiger partial charge in [-0.1, -0.05) is 12.1 Å². The molecule has 0 amide bonds. The Morgan fingerprint density at radius 1 is 1.26 bits per heavy atom. The number of rotatable bonds is 6. The predicted molar refractivity (Wildman–Crippen MR) is 75.1 cm³/mol. The lowest BCUT2D eigenvalue weighted by Crippen LogP contribution is -2.11. The Morgan fingerprint density at radius 2 is 2.00 bits per heavy atom. The van der Waals surface area contributed by atoms with E-state index in [0.29, 0.717) is 0 Å². The van der Waals surface area contributed by atoms with Crippen molar-refractivity contribution >= 4 is 0 Å². The number of ether oxygens (including phenoxy) is 1. The summed E-state index contributed by atoms with van der Waals surface area (Å²) in [6.45, 7) is 7.74. The zero-order valence-corrected chi connectivity index (χ0v) is 11.6. The minimum atomic E-state index is 0.183. The van der Waals surface area contributed by atoms with Gasteiger partial charge < -0.3 is 14.6 Å². The van der Waals surface area contributed by atoms with E-state index in [2.05, 4.69) is 17.4 Å². The van der Waals surface area contributed by atoms with Crippen molar-refractivity contribution in [3.8, 4) is 17.1 Å². The monoisotopic (exact) mass is 260 g/mol. The first-order chi connectivity index (χ1) is 9.19. The van der Waals surface area contributed by atoms with Crippen LogP contribution in [0.2, 0.25) is 0 Å². The molecule has 2 rings (SSSR count). The molecule has 0 saturated carbocycles. The van der Waals surface area contributed by atoms with E-state index in [4.69, 9.17) is 9.26 Å². The van der Waals surface area contributed by atoms with Crippen molar-refractivity contribution in [1.82, 2.24) is 10.5 Å². The van der Waals surface area contributed by atoms with Crippen LogP contribution in [0, 0.1) is 0 Å². The van der Waals surface area contributed by atoms with Gasteiger partial charge in [-0.05, 0) is 44.7 Å². The number of aromatic nitrogens is 1. The Hall–Kier alpha value is -1.81. The molecule has 0 aliphatic carbocycles. The van der Waals surface area contributed by atoms with Crippen LogP contribution in [0.15, 0.2) is 34.9 Å². The van der Waals surface area contributed by atoms with Crippen molar-refractivity contribution in [1.29, 1.82) is 0 Å². The van der Waals surface area contributed by atoms with Crippen molar-refractivity contribution in [2.75, 3.05) is 6.54 Å². The van der Waals surface area contributed by atoms with Gasteiger partial charge in [0.2, 0.25) is 0 Å². The lowest BCUT2D eigenvalue weighted by Gasteiger charge is -2.09. The van der Waals surface area contributed by atoms with Crippen molar-refractivity contribution in [2.24, 2.45) is 0 Å². The van der Waals surface area contributed by atoms with Gasteiger partial charge in [-0.15, -0.1) is 0 Å². The zero-order chi connectivity index (χ0) is 13.7. The van der Waals surface area contributed by atoms with Crippen LogP contribution in [-0.4, -0.2) is 17.8 Å². The van der Waals surface area contributed by atoms with Crippen LogP contribution in [0.3, 0.4) is 0 Å². The molecule has 4 heteroatoms. The lowest BCUT2D eigenvalue weighted by molar-refractivity contribution is 0.242. The highest BCUT2D eigenvalue weighted by molar-refractivity contribution is 5.58. The van der Waals surface area contributed by atoms with E-state index in [0.717, 1.165) is 35.9 Å². The van der Waals surface area contributed by atoms with Crippen LogP contribution < -0.4 is 10.1 Å². The largest absolute Gasteiger partial charge is 0.491 e. The highest BCUT2D eigenvalue weighted by Gasteiger charge is 2.07. The average molecular weight is 260 g/mol. The van der Waals surface area contributed by atoms with E-state index in [9.17, 15) is 0 Å². The molecule has 0 aliphatic heterocycles. The highest BCUT2D eigenvalue weighted by atomic mass is 16.5. The fourth-order valence-corrected chi connectivity index (χ4v) is 1.75. The van der Waals surface area contributed by atoms with Gasteiger partial charge in [0.25, 0.3) is 0 Å². The molecule has 1 aromatic carbocycles. The maximum atomic E-state index is 5.61. The van der Waals surface area contributed by atoms with Crippen LogP contribution in [0.4, 0.5) is 0 Å². The second-order valence-electron chi connectivity index (χ2n) is 4.65. The second-order valence-corrected chi connectivity index (χ2v) is 4.65. The number of nitrogens with zero attached hydrogens (tertiary/aromatic N) is 1. The van der Waals surface area contributed by atoms with E-state index < -0.39 is 0 Å². The third-order valence-electron chi connectivity index (χ3n) is 2.63. The number of benzene rings is 1. The van der Waals surface area contributed by atoms with Gasteiger partial charge in [0.05, 0.1) is 11.8 Å². The molecule has 2 aromatic rings. The Bertz CT molecular complexity index is 503. The molecule has 0 spiro atoms. The molecular weight excluding hydrogens is 240 g/mol. The Labute approximate surface area is 113 Å². The standard InChI is InChI=1S/C15H20N2O2/c1-4-16-10-13-9-15(19-17-13)12-5-7-14(8-6-12)18-11(2)3/h5-9,11,16H,4,10H2,1-3H3. The minimum absolute atomic E-state index is 0.183. The number of nitrogens with one attached hydrogen (secondary N) is 1. The first-order valence-corrected chi connectivity index (χ1v) is 6.62. The summed E-state index contributed by atoms with van der Waals surface area (Å²) in [5, 5.41) is 7.25. The van der Waals surface area contributed by atoms with Gasteiger partial charge in [-0.2, -0.15) is 0 Å². The van der Waals surface area contributed by atoms with Gasteiger partial charge in [0, 0.05) is 18.2 Å². The smallest absolute Gasteiger partial charge is 0.167 e. The van der Waals surface area contributed by atoms with Gasteiger partial charge >= 0.3 is 0 Å². The first-order valence-electron chi connectivity index (χ1n) is 6.62. The Morgan fingerprint density at radius 3 is 2.63 bits per heavy atom. The molecule has 0 aliphatic rings. The predicted octanol–water partition coefficient (Wildman–Crippen LogP) is 3.24. The maximum Gasteiger partial charge on any atom is 0.167 e. The molecule has 0 saturated heterocycles. The van der Waals surface area contributed by atoms with E-state index >= 15 is 0 Å². The molecule has 0 radical (unpaired) electrons. The van der Waals surface area contributed by atoms with E-state index in [-0.39, 0.29) is 6.10 Å². The molecule has 1 aromatic heterocycles. The van der Waals surface area contributed by atoms with E-state index in [1.807, 2.05) is 44.2 Å². The van der Waals surface area contributed by atoms with Crippen LogP contribution in [0.5, 0.6) is 5.75 Å². The molecule has 0 bridgehead atoms. The van der Waals surface area contributed by atoms with Gasteiger partial charge in [0.15, 0.2) is 5.76 Å². The number of hydrogen-bond acceptors (Lipinski definition) is 4. The summed E-state index contributed by atoms with van der Waals surface area (Å²) in [6, 6.07) is 9.81. The van der Waals surface area contributed by atoms with Crippen molar-refractivity contribution < 1.29 is 9.26 Å². The van der Waals surface area contributed by atoms with Crippen LogP contribution in [-0.2, 0) is 6.54 Å². The first kappa shape index (κ1) is 13.6. The summed E-state index contributed by atoms with van der Waals surface area (Å²) in [5.41, 5.74) is 1.92. The summed E-state index contributed by atoms with van der Waals surface area (Å²) in [5.74, 6) is 1.65. The summed E-state index contributed by atoms with van der Waals surface area (Å²) >= 11 is 0. The molecule has 0 unspecified atom stereocenters. The molecule has 1 heterocycles. The summed E-state index contributed by atoms with van der Waals surface area (Å²) in [6.07, 6.45) is 0.183. The normalized spacial score (nSPS) is 10.9. The topological polar surface area (TPSA) is 47.3 Å². The molecule has 4 nitrogen and oxygen atoms in total. The van der Waals surface area contributed by atoms with E-state index in [1.165, 1.54) is 0 Å². The summed E-state index contributed by atoms with van der Waals surface area (Å²) in [7, 11) is 0. The quantitative estimate of drug-likeness (QED) is 0.866. The minimum Gasteiger partial charge on any atom is -0.491 e. The third-order valence-corrected chi connectivity index (χ3v) is 2.63. The molecule has 0 atom stereocenters. The van der Waals surface area contributed by atoms with E-state index in [1.54, 1.807) is 0 Å².